The fourth-order valence-corrected chi connectivity index (χ4v) is 1.39. The molecule has 0 spiro atoms. The second-order valence-electron chi connectivity index (χ2n) is 3.37. The first-order valence-electron chi connectivity index (χ1n) is 4.25. The fourth-order valence-electron chi connectivity index (χ4n) is 1.39. The van der Waals surface area contributed by atoms with Crippen LogP contribution in [0.5, 0.6) is 0 Å². The molecule has 0 aromatic carbocycles. The number of nitrogens with zero attached hydrogens (tertiary/aromatic N) is 1. The van der Waals surface area contributed by atoms with Gasteiger partial charge in [-0.3, -0.25) is 4.79 Å². The number of methoxy groups -OCH3 is 1. The summed E-state index contributed by atoms with van der Waals surface area (Å²) in [5.74, 6) is -0.353. The van der Waals surface area contributed by atoms with Gasteiger partial charge in [0.1, 0.15) is 0 Å². The summed E-state index contributed by atoms with van der Waals surface area (Å²) in [6.07, 6.45) is 5.74. The summed E-state index contributed by atoms with van der Waals surface area (Å²) in [5.41, 5.74) is 1.09. The standard InChI is InChI=1S/C10H15NO2/c1-11(2)7-8-5-4-6-9(8)10(12)13-3/h4-6,9H,7H2,1-3H3. The minimum absolute atomic E-state index is 0.174. The number of hydrogen-bond acceptors (Lipinski definition) is 3. The van der Waals surface area contributed by atoms with Crippen molar-refractivity contribution in [1.82, 2.24) is 4.90 Å². The number of esters is 1. The molecular formula is C10H15NO2. The average Bonchev–Trinajstić information content (AvgIpc) is 2.50. The average molecular weight is 181 g/mol. The molecule has 3 nitrogen and oxygen atoms in total. The van der Waals surface area contributed by atoms with E-state index >= 15 is 0 Å². The van der Waals surface area contributed by atoms with E-state index in [4.69, 9.17) is 4.74 Å². The molecule has 0 heterocycles. The van der Waals surface area contributed by atoms with E-state index in [0.29, 0.717) is 0 Å². The van der Waals surface area contributed by atoms with Gasteiger partial charge < -0.3 is 9.64 Å². The van der Waals surface area contributed by atoms with Gasteiger partial charge in [0.2, 0.25) is 0 Å². The van der Waals surface area contributed by atoms with Crippen LogP contribution in [0.25, 0.3) is 0 Å². The Labute approximate surface area is 78.7 Å². The Bertz CT molecular complexity index is 254. The molecule has 0 aromatic rings. The normalized spacial score (nSPS) is 20.6. The lowest BCUT2D eigenvalue weighted by molar-refractivity contribution is -0.142. The van der Waals surface area contributed by atoms with Crippen LogP contribution in [-0.2, 0) is 9.53 Å². The van der Waals surface area contributed by atoms with Crippen molar-refractivity contribution in [2.75, 3.05) is 27.7 Å². The fraction of sp³-hybridized carbons (Fsp3) is 0.500. The predicted molar refractivity (Wildman–Crippen MR) is 51.3 cm³/mol. The summed E-state index contributed by atoms with van der Waals surface area (Å²) < 4.78 is 4.70. The topological polar surface area (TPSA) is 29.5 Å². The molecule has 1 unspecified atom stereocenters. The first-order chi connectivity index (χ1) is 6.15. The van der Waals surface area contributed by atoms with Crippen molar-refractivity contribution >= 4 is 5.97 Å². The molecule has 13 heavy (non-hydrogen) atoms. The number of carbonyl (C=O) groups excluding carboxylic acids is 1. The van der Waals surface area contributed by atoms with Gasteiger partial charge in [0.05, 0.1) is 13.0 Å². The van der Waals surface area contributed by atoms with Gasteiger partial charge in [-0.2, -0.15) is 0 Å². The highest BCUT2D eigenvalue weighted by molar-refractivity contribution is 5.79. The lowest BCUT2D eigenvalue weighted by Crippen LogP contribution is -2.23. The summed E-state index contributed by atoms with van der Waals surface area (Å²) in [4.78, 5) is 13.3. The largest absolute Gasteiger partial charge is 0.468 e. The maximum Gasteiger partial charge on any atom is 0.316 e. The smallest absolute Gasteiger partial charge is 0.316 e. The molecule has 1 aliphatic rings. The molecule has 0 saturated heterocycles. The van der Waals surface area contributed by atoms with E-state index in [9.17, 15) is 4.79 Å². The minimum Gasteiger partial charge on any atom is -0.468 e. The van der Waals surface area contributed by atoms with Crippen LogP contribution in [-0.4, -0.2) is 38.6 Å². The van der Waals surface area contributed by atoms with Crippen molar-refractivity contribution in [2.45, 2.75) is 0 Å². The van der Waals surface area contributed by atoms with E-state index < -0.39 is 0 Å². The Morgan fingerprint density at radius 2 is 2.31 bits per heavy atom. The van der Waals surface area contributed by atoms with Gasteiger partial charge in [-0.15, -0.1) is 0 Å². The van der Waals surface area contributed by atoms with Crippen LogP contribution in [0, 0.1) is 5.92 Å². The van der Waals surface area contributed by atoms with Crippen molar-refractivity contribution in [3.8, 4) is 0 Å². The molecule has 0 N–H and O–H groups in total. The van der Waals surface area contributed by atoms with E-state index in [1.165, 1.54) is 7.11 Å². The lowest BCUT2D eigenvalue weighted by Gasteiger charge is -2.15. The third-order valence-corrected chi connectivity index (χ3v) is 1.97. The number of carbonyl (C=O) groups is 1. The molecule has 1 aliphatic carbocycles. The molecule has 1 rings (SSSR count). The Hall–Kier alpha value is -1.09. The number of ether oxygens (including phenoxy) is 1. The molecular weight excluding hydrogens is 166 g/mol. The van der Waals surface area contributed by atoms with Gasteiger partial charge in [0.15, 0.2) is 0 Å². The maximum atomic E-state index is 11.3. The van der Waals surface area contributed by atoms with Gasteiger partial charge in [0, 0.05) is 6.54 Å². The molecule has 0 fully saturated rings. The zero-order valence-electron chi connectivity index (χ0n) is 8.28. The highest BCUT2D eigenvalue weighted by atomic mass is 16.5. The van der Waals surface area contributed by atoms with Gasteiger partial charge >= 0.3 is 5.97 Å². The van der Waals surface area contributed by atoms with Crippen LogP contribution in [0.4, 0.5) is 0 Å². The number of rotatable bonds is 3. The Morgan fingerprint density at radius 3 is 2.85 bits per heavy atom. The number of likely N-dealkylation sites (N-methyl/N-ethyl adjacent to an activating group) is 1. The third-order valence-electron chi connectivity index (χ3n) is 1.97. The first kappa shape index (κ1) is 9.99. The van der Waals surface area contributed by atoms with E-state index in [1.807, 2.05) is 37.2 Å². The van der Waals surface area contributed by atoms with Gasteiger partial charge in [-0.05, 0) is 19.7 Å². The zero-order valence-corrected chi connectivity index (χ0v) is 8.28. The lowest BCUT2D eigenvalue weighted by atomic mass is 10.0. The van der Waals surface area contributed by atoms with E-state index in [2.05, 4.69) is 0 Å². The van der Waals surface area contributed by atoms with Crippen LogP contribution < -0.4 is 0 Å². The van der Waals surface area contributed by atoms with Crippen molar-refractivity contribution in [3.63, 3.8) is 0 Å². The Kier molecular flexibility index (Phi) is 3.25. The van der Waals surface area contributed by atoms with Gasteiger partial charge in [-0.1, -0.05) is 18.2 Å². The third kappa shape index (κ3) is 2.42. The molecule has 0 aromatic heterocycles. The van der Waals surface area contributed by atoms with Crippen LogP contribution in [0.15, 0.2) is 23.8 Å². The molecule has 72 valence electrons. The predicted octanol–water partition coefficient (Wildman–Crippen LogP) is 0.833. The summed E-state index contributed by atoms with van der Waals surface area (Å²) in [6.45, 7) is 0.798. The summed E-state index contributed by atoms with van der Waals surface area (Å²) in [5, 5.41) is 0. The summed E-state index contributed by atoms with van der Waals surface area (Å²) in [7, 11) is 5.38. The Morgan fingerprint density at radius 1 is 1.62 bits per heavy atom. The highest BCUT2D eigenvalue weighted by Gasteiger charge is 2.23. The number of allylic oxidation sites excluding steroid dienone is 2. The van der Waals surface area contributed by atoms with Gasteiger partial charge in [-0.25, -0.2) is 0 Å². The number of hydrogen-bond donors (Lipinski definition) is 0. The van der Waals surface area contributed by atoms with Crippen molar-refractivity contribution < 1.29 is 9.53 Å². The Balaban J connectivity index is 2.61. The van der Waals surface area contributed by atoms with E-state index in [1.54, 1.807) is 0 Å². The quantitative estimate of drug-likeness (QED) is 0.604. The monoisotopic (exact) mass is 181 g/mol. The SMILES string of the molecule is COC(=O)C1C=CC=C1CN(C)C. The molecule has 0 aliphatic heterocycles. The molecule has 0 amide bonds. The van der Waals surface area contributed by atoms with Crippen LogP contribution in [0.1, 0.15) is 0 Å². The molecule has 0 bridgehead atoms. The molecule has 1 atom stereocenters. The second kappa shape index (κ2) is 4.23. The van der Waals surface area contributed by atoms with Crippen LogP contribution >= 0.6 is 0 Å². The van der Waals surface area contributed by atoms with E-state index in [-0.39, 0.29) is 11.9 Å². The summed E-state index contributed by atoms with van der Waals surface area (Å²) >= 11 is 0. The summed E-state index contributed by atoms with van der Waals surface area (Å²) in [6, 6.07) is 0. The van der Waals surface area contributed by atoms with Crippen molar-refractivity contribution in [1.29, 1.82) is 0 Å². The second-order valence-corrected chi connectivity index (χ2v) is 3.37. The van der Waals surface area contributed by atoms with E-state index in [0.717, 1.165) is 12.1 Å². The van der Waals surface area contributed by atoms with Crippen LogP contribution in [0.3, 0.4) is 0 Å². The maximum absolute atomic E-state index is 11.3. The zero-order chi connectivity index (χ0) is 9.84. The van der Waals surface area contributed by atoms with Crippen molar-refractivity contribution in [3.05, 3.63) is 23.8 Å². The highest BCUT2D eigenvalue weighted by Crippen LogP contribution is 2.20. The van der Waals surface area contributed by atoms with Crippen LogP contribution in [0.2, 0.25) is 0 Å². The molecule has 0 radical (unpaired) electrons. The molecule has 3 heteroatoms. The minimum atomic E-state index is -0.179. The van der Waals surface area contributed by atoms with Crippen molar-refractivity contribution in [2.24, 2.45) is 5.92 Å². The first-order valence-corrected chi connectivity index (χ1v) is 4.25. The van der Waals surface area contributed by atoms with Gasteiger partial charge in [0.25, 0.3) is 0 Å². The molecule has 0 saturated carbocycles.